The van der Waals surface area contributed by atoms with Crippen LogP contribution in [0.15, 0.2) is 21.9 Å². The molecule has 0 saturated heterocycles. The molecule has 3 rings (SSSR count). The van der Waals surface area contributed by atoms with Crippen LogP contribution >= 0.6 is 0 Å². The number of anilines is 1. The SMILES string of the molecule is Cn1c(=O)c2cc(NC(=O)CCCC3CCCCC3)cnc2n(C)c1=O. The third-order valence-corrected chi connectivity index (χ3v) is 5.32. The van der Waals surface area contributed by atoms with Gasteiger partial charge in [-0.05, 0) is 24.8 Å². The van der Waals surface area contributed by atoms with Crippen LogP contribution in [0.4, 0.5) is 5.69 Å². The fraction of sp³-hybridized carbons (Fsp3) is 0.579. The third kappa shape index (κ3) is 3.86. The van der Waals surface area contributed by atoms with Crippen molar-refractivity contribution in [1.82, 2.24) is 14.1 Å². The molecule has 26 heavy (non-hydrogen) atoms. The summed E-state index contributed by atoms with van der Waals surface area (Å²) in [6.45, 7) is 0. The van der Waals surface area contributed by atoms with E-state index in [0.29, 0.717) is 23.1 Å². The van der Waals surface area contributed by atoms with Gasteiger partial charge in [0.2, 0.25) is 5.91 Å². The number of aryl methyl sites for hydroxylation is 1. The minimum atomic E-state index is -0.422. The molecule has 1 aliphatic rings. The molecule has 7 heteroatoms. The molecule has 0 radical (unpaired) electrons. The molecule has 2 aromatic rings. The second-order valence-electron chi connectivity index (χ2n) is 7.25. The predicted molar refractivity (Wildman–Crippen MR) is 101 cm³/mol. The van der Waals surface area contributed by atoms with E-state index in [-0.39, 0.29) is 5.91 Å². The Morgan fingerprint density at radius 2 is 1.92 bits per heavy atom. The first-order chi connectivity index (χ1) is 12.5. The molecule has 2 aromatic heterocycles. The lowest BCUT2D eigenvalue weighted by molar-refractivity contribution is -0.116. The Balaban J connectivity index is 1.66. The standard InChI is InChI=1S/C19H26N4O3/c1-22-17-15(18(25)23(2)19(22)26)11-14(12-20-17)21-16(24)10-6-9-13-7-4-3-5-8-13/h11-13H,3-10H2,1-2H3,(H,21,24). The van der Waals surface area contributed by atoms with E-state index in [0.717, 1.165) is 23.3 Å². The molecule has 2 heterocycles. The first kappa shape index (κ1) is 18.4. The van der Waals surface area contributed by atoms with E-state index in [2.05, 4.69) is 10.3 Å². The summed E-state index contributed by atoms with van der Waals surface area (Å²) in [7, 11) is 3.00. The second kappa shape index (κ2) is 7.85. The molecule has 1 aliphatic carbocycles. The quantitative estimate of drug-likeness (QED) is 0.889. The van der Waals surface area contributed by atoms with Gasteiger partial charge in [0.05, 0.1) is 17.3 Å². The van der Waals surface area contributed by atoms with Gasteiger partial charge in [0.25, 0.3) is 5.56 Å². The zero-order chi connectivity index (χ0) is 18.7. The normalized spacial score (nSPS) is 15.3. The zero-order valence-corrected chi connectivity index (χ0v) is 15.5. The average molecular weight is 358 g/mol. The van der Waals surface area contributed by atoms with E-state index in [1.54, 1.807) is 13.1 Å². The number of aromatic nitrogens is 3. The molecular formula is C19H26N4O3. The summed E-state index contributed by atoms with van der Waals surface area (Å²) >= 11 is 0. The van der Waals surface area contributed by atoms with Crippen LogP contribution in [0.3, 0.4) is 0 Å². The van der Waals surface area contributed by atoms with Crippen molar-refractivity contribution in [2.24, 2.45) is 20.0 Å². The van der Waals surface area contributed by atoms with Crippen molar-refractivity contribution in [3.05, 3.63) is 33.1 Å². The molecule has 1 amide bonds. The third-order valence-electron chi connectivity index (χ3n) is 5.32. The smallest absolute Gasteiger partial charge is 0.325 e. The van der Waals surface area contributed by atoms with Gasteiger partial charge in [0.15, 0.2) is 0 Å². The summed E-state index contributed by atoms with van der Waals surface area (Å²) in [6, 6.07) is 1.59. The van der Waals surface area contributed by atoms with Gasteiger partial charge in [-0.3, -0.25) is 18.7 Å². The van der Waals surface area contributed by atoms with Crippen LogP contribution in [-0.4, -0.2) is 20.0 Å². The fourth-order valence-corrected chi connectivity index (χ4v) is 3.78. The molecule has 140 valence electrons. The van der Waals surface area contributed by atoms with E-state index in [9.17, 15) is 14.4 Å². The second-order valence-corrected chi connectivity index (χ2v) is 7.25. The maximum absolute atomic E-state index is 12.3. The van der Waals surface area contributed by atoms with E-state index < -0.39 is 11.2 Å². The van der Waals surface area contributed by atoms with Crippen molar-refractivity contribution in [2.75, 3.05) is 5.32 Å². The van der Waals surface area contributed by atoms with Crippen molar-refractivity contribution in [2.45, 2.75) is 51.4 Å². The van der Waals surface area contributed by atoms with Crippen molar-refractivity contribution < 1.29 is 4.79 Å². The zero-order valence-electron chi connectivity index (χ0n) is 15.5. The van der Waals surface area contributed by atoms with E-state index in [4.69, 9.17) is 0 Å². The summed E-state index contributed by atoms with van der Waals surface area (Å²) in [6.07, 6.45) is 10.5. The minimum Gasteiger partial charge on any atom is -0.325 e. The van der Waals surface area contributed by atoms with Crippen LogP contribution in [0.2, 0.25) is 0 Å². The number of carbonyl (C=O) groups is 1. The van der Waals surface area contributed by atoms with Crippen LogP contribution in [-0.2, 0) is 18.9 Å². The number of nitrogens with zero attached hydrogens (tertiary/aromatic N) is 3. The number of rotatable bonds is 5. The highest BCUT2D eigenvalue weighted by Crippen LogP contribution is 2.27. The summed E-state index contributed by atoms with van der Waals surface area (Å²) in [5, 5.41) is 3.13. The molecule has 0 spiro atoms. The number of hydrogen-bond donors (Lipinski definition) is 1. The Labute approximate surface area is 152 Å². The highest BCUT2D eigenvalue weighted by Gasteiger charge is 2.14. The number of amides is 1. The molecular weight excluding hydrogens is 332 g/mol. The van der Waals surface area contributed by atoms with Gasteiger partial charge in [-0.1, -0.05) is 32.1 Å². The fourth-order valence-electron chi connectivity index (χ4n) is 3.78. The van der Waals surface area contributed by atoms with Gasteiger partial charge in [-0.2, -0.15) is 0 Å². The summed E-state index contributed by atoms with van der Waals surface area (Å²) in [5.74, 6) is 0.701. The van der Waals surface area contributed by atoms with Gasteiger partial charge in [0, 0.05) is 20.5 Å². The first-order valence-electron chi connectivity index (χ1n) is 9.33. The summed E-state index contributed by atoms with van der Waals surface area (Å²) < 4.78 is 2.37. The van der Waals surface area contributed by atoms with Crippen molar-refractivity contribution in [1.29, 1.82) is 0 Å². The molecule has 1 fully saturated rings. The maximum Gasteiger partial charge on any atom is 0.332 e. The Kier molecular flexibility index (Phi) is 5.54. The highest BCUT2D eigenvalue weighted by atomic mass is 16.2. The average Bonchev–Trinajstić information content (AvgIpc) is 2.65. The lowest BCUT2D eigenvalue weighted by atomic mass is 9.86. The molecule has 0 aromatic carbocycles. The van der Waals surface area contributed by atoms with E-state index in [1.807, 2.05) is 0 Å². The van der Waals surface area contributed by atoms with Crippen molar-refractivity contribution in [3.63, 3.8) is 0 Å². The lowest BCUT2D eigenvalue weighted by Gasteiger charge is -2.21. The number of fused-ring (bicyclic) bond motifs is 1. The molecule has 1 saturated carbocycles. The first-order valence-corrected chi connectivity index (χ1v) is 9.33. The Bertz CT molecular complexity index is 923. The van der Waals surface area contributed by atoms with Gasteiger partial charge in [-0.25, -0.2) is 9.78 Å². The molecule has 0 aliphatic heterocycles. The van der Waals surface area contributed by atoms with Crippen LogP contribution in [0.5, 0.6) is 0 Å². The number of nitrogens with one attached hydrogen (secondary N) is 1. The minimum absolute atomic E-state index is 0.0661. The number of pyridine rings is 1. The molecule has 0 atom stereocenters. The lowest BCUT2D eigenvalue weighted by Crippen LogP contribution is -2.37. The van der Waals surface area contributed by atoms with Crippen LogP contribution < -0.4 is 16.6 Å². The number of hydrogen-bond acceptors (Lipinski definition) is 4. The van der Waals surface area contributed by atoms with E-state index in [1.165, 1.54) is 49.9 Å². The Morgan fingerprint density at radius 3 is 2.65 bits per heavy atom. The van der Waals surface area contributed by atoms with Crippen molar-refractivity contribution in [3.8, 4) is 0 Å². The Hall–Kier alpha value is -2.44. The number of carbonyl (C=O) groups excluding carboxylic acids is 1. The molecule has 0 unspecified atom stereocenters. The van der Waals surface area contributed by atoms with Crippen LogP contribution in [0, 0.1) is 5.92 Å². The van der Waals surface area contributed by atoms with Crippen LogP contribution in [0.25, 0.3) is 11.0 Å². The molecule has 7 nitrogen and oxygen atoms in total. The van der Waals surface area contributed by atoms with Gasteiger partial charge in [-0.15, -0.1) is 0 Å². The monoisotopic (exact) mass is 358 g/mol. The Morgan fingerprint density at radius 1 is 1.19 bits per heavy atom. The van der Waals surface area contributed by atoms with E-state index >= 15 is 0 Å². The van der Waals surface area contributed by atoms with Gasteiger partial charge in [0.1, 0.15) is 5.65 Å². The molecule has 0 bridgehead atoms. The molecule has 1 N–H and O–H groups in total. The highest BCUT2D eigenvalue weighted by molar-refractivity contribution is 5.92. The summed E-state index contributed by atoms with van der Waals surface area (Å²) in [5.41, 5.74) is -0.0391. The largest absolute Gasteiger partial charge is 0.332 e. The van der Waals surface area contributed by atoms with Crippen LogP contribution in [0.1, 0.15) is 51.4 Å². The van der Waals surface area contributed by atoms with Gasteiger partial charge < -0.3 is 5.32 Å². The summed E-state index contributed by atoms with van der Waals surface area (Å²) in [4.78, 5) is 40.6. The maximum atomic E-state index is 12.3. The van der Waals surface area contributed by atoms with Crippen molar-refractivity contribution >= 4 is 22.6 Å². The topological polar surface area (TPSA) is 86.0 Å². The predicted octanol–water partition coefficient (Wildman–Crippen LogP) is 2.32. The van der Waals surface area contributed by atoms with Gasteiger partial charge >= 0.3 is 5.69 Å².